The van der Waals surface area contributed by atoms with Gasteiger partial charge in [-0.1, -0.05) is 12.8 Å². The molecule has 0 spiro atoms. The van der Waals surface area contributed by atoms with E-state index >= 15 is 0 Å². The van der Waals surface area contributed by atoms with E-state index in [-0.39, 0.29) is 11.6 Å². The minimum atomic E-state index is -4.61. The molecule has 2 fully saturated rings. The fraction of sp³-hybridized carbons (Fsp3) is 0.600. The number of fused-ring (bicyclic) bond motifs is 1. The highest BCUT2D eigenvalue weighted by atomic mass is 32.2. The Balaban J connectivity index is 1.90. The molecule has 1 aliphatic heterocycles. The van der Waals surface area contributed by atoms with E-state index in [1.54, 1.807) is 4.90 Å². The number of nitrogens with zero attached hydrogens (tertiary/aromatic N) is 2. The Bertz CT molecular complexity index is 562. The Hall–Kier alpha value is -1.24. The zero-order valence-corrected chi connectivity index (χ0v) is 12.8. The molecule has 7 heteroatoms. The molecule has 1 saturated carbocycles. The molecular formula is C15H17F3N2OS. The Kier molecular flexibility index (Phi) is 4.34. The lowest BCUT2D eigenvalue weighted by Crippen LogP contribution is -2.52. The monoisotopic (exact) mass is 330 g/mol. The van der Waals surface area contributed by atoms with Gasteiger partial charge in [-0.05, 0) is 25.0 Å². The number of pyridine rings is 1. The number of rotatable bonds is 1. The molecule has 120 valence electrons. The van der Waals surface area contributed by atoms with Crippen molar-refractivity contribution in [2.24, 2.45) is 0 Å². The predicted octanol–water partition coefficient (Wildman–Crippen LogP) is 3.60. The first kappa shape index (κ1) is 15.6. The van der Waals surface area contributed by atoms with Crippen molar-refractivity contribution in [1.82, 2.24) is 9.88 Å². The van der Waals surface area contributed by atoms with E-state index < -0.39 is 17.8 Å². The number of amides is 1. The summed E-state index contributed by atoms with van der Waals surface area (Å²) in [6, 6.07) is 2.68. The molecule has 2 aliphatic rings. The minimum absolute atomic E-state index is 0.0567. The molecule has 0 unspecified atom stereocenters. The van der Waals surface area contributed by atoms with Crippen LogP contribution in [0.4, 0.5) is 13.2 Å². The summed E-state index contributed by atoms with van der Waals surface area (Å²) in [5.41, 5.74) is -1.41. The summed E-state index contributed by atoms with van der Waals surface area (Å²) in [6.07, 6.45) is 0.558. The smallest absolute Gasteiger partial charge is 0.334 e. The first-order valence-electron chi connectivity index (χ1n) is 7.43. The lowest BCUT2D eigenvalue weighted by molar-refractivity contribution is -0.141. The molecule has 1 aliphatic carbocycles. The van der Waals surface area contributed by atoms with E-state index in [0.29, 0.717) is 11.8 Å². The average molecular weight is 330 g/mol. The normalized spacial score (nSPS) is 25.7. The number of carbonyl (C=O) groups excluding carboxylic acids is 1. The van der Waals surface area contributed by atoms with Crippen molar-refractivity contribution in [2.45, 2.75) is 43.2 Å². The zero-order valence-electron chi connectivity index (χ0n) is 12.0. The maximum absolute atomic E-state index is 13.1. The topological polar surface area (TPSA) is 33.2 Å². The van der Waals surface area contributed by atoms with E-state index in [1.165, 1.54) is 12.1 Å². The summed E-state index contributed by atoms with van der Waals surface area (Å²) in [4.78, 5) is 17.7. The number of thioether (sulfide) groups is 1. The van der Waals surface area contributed by atoms with Gasteiger partial charge in [-0.15, -0.1) is 0 Å². The van der Waals surface area contributed by atoms with Crippen molar-refractivity contribution < 1.29 is 18.0 Å². The lowest BCUT2D eigenvalue weighted by atomic mass is 9.92. The third-order valence-electron chi connectivity index (χ3n) is 4.30. The van der Waals surface area contributed by atoms with Crippen LogP contribution in [-0.4, -0.2) is 39.4 Å². The lowest BCUT2D eigenvalue weighted by Gasteiger charge is -2.43. The van der Waals surface area contributed by atoms with E-state index in [4.69, 9.17) is 0 Å². The Morgan fingerprint density at radius 3 is 2.86 bits per heavy atom. The second-order valence-electron chi connectivity index (χ2n) is 5.66. The minimum Gasteiger partial charge on any atom is -0.334 e. The molecule has 2 heterocycles. The highest BCUT2D eigenvalue weighted by molar-refractivity contribution is 8.00. The molecule has 0 radical (unpaired) electrons. The van der Waals surface area contributed by atoms with Crippen molar-refractivity contribution in [3.05, 3.63) is 29.6 Å². The number of hydrogen-bond acceptors (Lipinski definition) is 3. The summed E-state index contributed by atoms with van der Waals surface area (Å²) < 4.78 is 39.2. The number of alkyl halides is 3. The molecule has 3 rings (SSSR count). The van der Waals surface area contributed by atoms with Crippen LogP contribution in [0.1, 0.15) is 41.7 Å². The van der Waals surface area contributed by atoms with E-state index in [2.05, 4.69) is 4.98 Å². The molecule has 2 atom stereocenters. The molecule has 3 nitrogen and oxygen atoms in total. The molecular weight excluding hydrogens is 313 g/mol. The Morgan fingerprint density at radius 1 is 1.32 bits per heavy atom. The summed E-state index contributed by atoms with van der Waals surface area (Å²) in [5.74, 6) is 0.256. The average Bonchev–Trinajstić information content (AvgIpc) is 2.53. The highest BCUT2D eigenvalue weighted by Crippen LogP contribution is 2.37. The largest absolute Gasteiger partial charge is 0.434 e. The van der Waals surface area contributed by atoms with Gasteiger partial charge in [-0.25, -0.2) is 0 Å². The van der Waals surface area contributed by atoms with Gasteiger partial charge < -0.3 is 4.90 Å². The van der Waals surface area contributed by atoms with Crippen molar-refractivity contribution in [2.75, 3.05) is 12.3 Å². The first-order valence-corrected chi connectivity index (χ1v) is 8.48. The molecule has 1 amide bonds. The van der Waals surface area contributed by atoms with Gasteiger partial charge in [0.15, 0.2) is 5.69 Å². The molecule has 1 aromatic rings. The second kappa shape index (κ2) is 6.10. The van der Waals surface area contributed by atoms with Crippen LogP contribution in [0.15, 0.2) is 18.3 Å². The van der Waals surface area contributed by atoms with Crippen LogP contribution in [0.3, 0.4) is 0 Å². The quantitative estimate of drug-likeness (QED) is 0.789. The van der Waals surface area contributed by atoms with Gasteiger partial charge in [-0.2, -0.15) is 24.9 Å². The van der Waals surface area contributed by atoms with Gasteiger partial charge >= 0.3 is 6.18 Å². The van der Waals surface area contributed by atoms with Gasteiger partial charge in [0.1, 0.15) is 0 Å². The molecule has 1 saturated heterocycles. The first-order chi connectivity index (χ1) is 10.5. The van der Waals surface area contributed by atoms with Gasteiger partial charge in [0, 0.05) is 29.8 Å². The van der Waals surface area contributed by atoms with Crippen LogP contribution in [0.5, 0.6) is 0 Å². The zero-order chi connectivity index (χ0) is 15.7. The fourth-order valence-corrected chi connectivity index (χ4v) is 4.75. The van der Waals surface area contributed by atoms with Crippen LogP contribution >= 0.6 is 11.8 Å². The number of hydrogen-bond donors (Lipinski definition) is 0. The van der Waals surface area contributed by atoms with Crippen molar-refractivity contribution in [3.8, 4) is 0 Å². The maximum atomic E-state index is 13.1. The molecule has 0 N–H and O–H groups in total. The van der Waals surface area contributed by atoms with Gasteiger partial charge in [0.05, 0.1) is 5.56 Å². The SMILES string of the molecule is O=C(c1cccnc1C(F)(F)F)N1CCS[C@@H]2CCCC[C@@H]21. The number of halogens is 3. The molecule has 1 aromatic heterocycles. The van der Waals surface area contributed by atoms with Crippen molar-refractivity contribution >= 4 is 17.7 Å². The van der Waals surface area contributed by atoms with Gasteiger partial charge in [0.25, 0.3) is 5.91 Å². The third-order valence-corrected chi connectivity index (χ3v) is 5.70. The van der Waals surface area contributed by atoms with Gasteiger partial charge in [0.2, 0.25) is 0 Å². The Morgan fingerprint density at radius 2 is 2.09 bits per heavy atom. The number of aromatic nitrogens is 1. The molecule has 0 aromatic carbocycles. The highest BCUT2D eigenvalue weighted by Gasteiger charge is 2.41. The van der Waals surface area contributed by atoms with Gasteiger partial charge in [-0.3, -0.25) is 9.78 Å². The second-order valence-corrected chi connectivity index (χ2v) is 7.00. The maximum Gasteiger partial charge on any atom is 0.434 e. The van der Waals surface area contributed by atoms with Crippen LogP contribution < -0.4 is 0 Å². The van der Waals surface area contributed by atoms with Crippen LogP contribution in [0, 0.1) is 0 Å². The van der Waals surface area contributed by atoms with Crippen LogP contribution in [-0.2, 0) is 6.18 Å². The fourth-order valence-electron chi connectivity index (χ4n) is 3.31. The van der Waals surface area contributed by atoms with E-state index in [1.807, 2.05) is 11.8 Å². The third kappa shape index (κ3) is 2.95. The summed E-state index contributed by atoms with van der Waals surface area (Å²) in [5, 5.41) is 0.359. The van der Waals surface area contributed by atoms with Crippen molar-refractivity contribution in [3.63, 3.8) is 0 Å². The van der Waals surface area contributed by atoms with E-state index in [9.17, 15) is 18.0 Å². The Labute approximate surface area is 131 Å². The van der Waals surface area contributed by atoms with Crippen LogP contribution in [0.2, 0.25) is 0 Å². The standard InChI is InChI=1S/C15H17F3N2OS/c16-15(17,18)13-10(4-3-7-19-13)14(21)20-8-9-22-12-6-2-1-5-11(12)20/h3-4,7,11-12H,1-2,5-6,8-9H2/t11-,12+/m0/s1. The molecule has 0 bridgehead atoms. The van der Waals surface area contributed by atoms with E-state index in [0.717, 1.165) is 37.6 Å². The van der Waals surface area contributed by atoms with Crippen molar-refractivity contribution in [1.29, 1.82) is 0 Å². The summed E-state index contributed by atoms with van der Waals surface area (Å²) in [7, 11) is 0. The predicted molar refractivity (Wildman–Crippen MR) is 78.8 cm³/mol. The summed E-state index contributed by atoms with van der Waals surface area (Å²) >= 11 is 1.84. The summed E-state index contributed by atoms with van der Waals surface area (Å²) in [6.45, 7) is 0.511. The number of carbonyl (C=O) groups is 1. The van der Waals surface area contributed by atoms with Crippen LogP contribution in [0.25, 0.3) is 0 Å². The molecule has 22 heavy (non-hydrogen) atoms.